The van der Waals surface area contributed by atoms with Crippen molar-refractivity contribution in [2.75, 3.05) is 11.9 Å². The molecular formula is C12H18FN. The quantitative estimate of drug-likeness (QED) is 0.723. The van der Waals surface area contributed by atoms with Crippen molar-refractivity contribution in [2.45, 2.75) is 33.6 Å². The van der Waals surface area contributed by atoms with Crippen LogP contribution in [0.5, 0.6) is 0 Å². The lowest BCUT2D eigenvalue weighted by Gasteiger charge is -2.08. The zero-order chi connectivity index (χ0) is 10.6. The van der Waals surface area contributed by atoms with Gasteiger partial charge in [0.2, 0.25) is 0 Å². The summed E-state index contributed by atoms with van der Waals surface area (Å²) in [6.07, 6.45) is 2.32. The van der Waals surface area contributed by atoms with Crippen LogP contribution in [0.1, 0.15) is 30.9 Å². The first-order chi connectivity index (χ1) is 6.65. The highest BCUT2D eigenvalue weighted by atomic mass is 19.1. The first-order valence-electron chi connectivity index (χ1n) is 5.15. The molecule has 0 spiro atoms. The van der Waals surface area contributed by atoms with Crippen LogP contribution in [-0.2, 0) is 0 Å². The molecule has 0 aliphatic heterocycles. The Morgan fingerprint density at radius 2 is 1.79 bits per heavy atom. The highest BCUT2D eigenvalue weighted by molar-refractivity contribution is 5.48. The third kappa shape index (κ3) is 2.72. The molecule has 1 aromatic rings. The Morgan fingerprint density at radius 3 is 2.29 bits per heavy atom. The van der Waals surface area contributed by atoms with Crippen LogP contribution in [-0.4, -0.2) is 6.54 Å². The van der Waals surface area contributed by atoms with E-state index in [-0.39, 0.29) is 5.82 Å². The van der Waals surface area contributed by atoms with Crippen LogP contribution >= 0.6 is 0 Å². The number of hydrogen-bond acceptors (Lipinski definition) is 1. The van der Waals surface area contributed by atoms with Crippen LogP contribution in [0.15, 0.2) is 12.1 Å². The molecule has 1 aromatic carbocycles. The van der Waals surface area contributed by atoms with Crippen molar-refractivity contribution in [2.24, 2.45) is 0 Å². The molecule has 0 aliphatic rings. The van der Waals surface area contributed by atoms with Gasteiger partial charge in [0.1, 0.15) is 5.82 Å². The first-order valence-corrected chi connectivity index (χ1v) is 5.15. The van der Waals surface area contributed by atoms with E-state index in [0.717, 1.165) is 18.7 Å². The van der Waals surface area contributed by atoms with Gasteiger partial charge in [0.05, 0.1) is 0 Å². The van der Waals surface area contributed by atoms with E-state index in [9.17, 15) is 4.39 Å². The van der Waals surface area contributed by atoms with Crippen LogP contribution in [0.3, 0.4) is 0 Å². The van der Waals surface area contributed by atoms with Crippen molar-refractivity contribution < 1.29 is 4.39 Å². The number of aryl methyl sites for hydroxylation is 2. The predicted octanol–water partition coefficient (Wildman–Crippen LogP) is 3.65. The van der Waals surface area contributed by atoms with Gasteiger partial charge in [-0.2, -0.15) is 0 Å². The highest BCUT2D eigenvalue weighted by Gasteiger charge is 2.03. The number of halogens is 1. The molecule has 0 heterocycles. The predicted molar refractivity (Wildman–Crippen MR) is 59.3 cm³/mol. The molecule has 0 bridgehead atoms. The molecule has 0 amide bonds. The lowest BCUT2D eigenvalue weighted by molar-refractivity contribution is 0.609. The Labute approximate surface area is 85.3 Å². The summed E-state index contributed by atoms with van der Waals surface area (Å²) < 4.78 is 13.3. The van der Waals surface area contributed by atoms with Gasteiger partial charge in [0.25, 0.3) is 0 Å². The van der Waals surface area contributed by atoms with Crippen LogP contribution in [0.25, 0.3) is 0 Å². The van der Waals surface area contributed by atoms with E-state index in [1.807, 2.05) is 12.1 Å². The number of anilines is 1. The van der Waals surface area contributed by atoms with E-state index < -0.39 is 0 Å². The maximum absolute atomic E-state index is 13.3. The van der Waals surface area contributed by atoms with Gasteiger partial charge >= 0.3 is 0 Å². The Morgan fingerprint density at radius 1 is 1.21 bits per heavy atom. The molecule has 1 rings (SSSR count). The summed E-state index contributed by atoms with van der Waals surface area (Å²) in [6, 6.07) is 3.72. The normalized spacial score (nSPS) is 10.3. The monoisotopic (exact) mass is 195 g/mol. The number of hydrogen-bond donors (Lipinski definition) is 1. The molecular weight excluding hydrogens is 177 g/mol. The van der Waals surface area contributed by atoms with Crippen molar-refractivity contribution in [1.29, 1.82) is 0 Å². The van der Waals surface area contributed by atoms with E-state index in [1.54, 1.807) is 13.8 Å². The molecule has 14 heavy (non-hydrogen) atoms. The topological polar surface area (TPSA) is 12.0 Å². The van der Waals surface area contributed by atoms with E-state index in [1.165, 1.54) is 6.42 Å². The molecule has 0 aliphatic carbocycles. The third-order valence-corrected chi connectivity index (χ3v) is 2.30. The SMILES string of the molecule is CCCCNc1cc(C)c(F)c(C)c1. The summed E-state index contributed by atoms with van der Waals surface area (Å²) in [5.74, 6) is -0.0916. The summed E-state index contributed by atoms with van der Waals surface area (Å²) in [7, 11) is 0. The largest absolute Gasteiger partial charge is 0.385 e. The molecule has 0 saturated heterocycles. The van der Waals surface area contributed by atoms with Gasteiger partial charge in [-0.25, -0.2) is 4.39 Å². The Kier molecular flexibility index (Phi) is 3.93. The van der Waals surface area contributed by atoms with Crippen LogP contribution < -0.4 is 5.32 Å². The summed E-state index contributed by atoms with van der Waals surface area (Å²) in [5, 5.41) is 3.29. The standard InChI is InChI=1S/C12H18FN/c1-4-5-6-14-11-7-9(2)12(13)10(3)8-11/h7-8,14H,4-6H2,1-3H3. The number of benzene rings is 1. The van der Waals surface area contributed by atoms with Crippen molar-refractivity contribution >= 4 is 5.69 Å². The summed E-state index contributed by atoms with van der Waals surface area (Å²) in [5.41, 5.74) is 2.45. The van der Waals surface area contributed by atoms with Crippen LogP contribution in [0.4, 0.5) is 10.1 Å². The van der Waals surface area contributed by atoms with Gasteiger partial charge in [-0.1, -0.05) is 13.3 Å². The summed E-state index contributed by atoms with van der Waals surface area (Å²) in [4.78, 5) is 0. The fraction of sp³-hybridized carbons (Fsp3) is 0.500. The van der Waals surface area contributed by atoms with Crippen molar-refractivity contribution in [3.05, 3.63) is 29.1 Å². The van der Waals surface area contributed by atoms with Gasteiger partial charge < -0.3 is 5.32 Å². The van der Waals surface area contributed by atoms with E-state index in [2.05, 4.69) is 12.2 Å². The number of nitrogens with one attached hydrogen (secondary N) is 1. The highest BCUT2D eigenvalue weighted by Crippen LogP contribution is 2.18. The Hall–Kier alpha value is -1.05. The maximum atomic E-state index is 13.3. The second-order valence-corrected chi connectivity index (χ2v) is 3.70. The zero-order valence-corrected chi connectivity index (χ0v) is 9.15. The molecule has 0 atom stereocenters. The van der Waals surface area contributed by atoms with Crippen molar-refractivity contribution in [3.8, 4) is 0 Å². The zero-order valence-electron chi connectivity index (χ0n) is 9.15. The van der Waals surface area contributed by atoms with Gasteiger partial charge in [-0.3, -0.25) is 0 Å². The minimum absolute atomic E-state index is 0.0916. The molecule has 0 radical (unpaired) electrons. The van der Waals surface area contributed by atoms with E-state index in [0.29, 0.717) is 11.1 Å². The molecule has 0 aromatic heterocycles. The van der Waals surface area contributed by atoms with E-state index in [4.69, 9.17) is 0 Å². The van der Waals surface area contributed by atoms with Gasteiger partial charge in [0.15, 0.2) is 0 Å². The maximum Gasteiger partial charge on any atom is 0.129 e. The lowest BCUT2D eigenvalue weighted by atomic mass is 10.1. The second kappa shape index (κ2) is 4.99. The van der Waals surface area contributed by atoms with Gasteiger partial charge in [-0.05, 0) is 43.5 Å². The Bertz CT molecular complexity index is 284. The molecule has 0 saturated carbocycles. The first kappa shape index (κ1) is 11.0. The molecule has 1 N–H and O–H groups in total. The minimum Gasteiger partial charge on any atom is -0.385 e. The molecule has 0 fully saturated rings. The van der Waals surface area contributed by atoms with Crippen LogP contribution in [0.2, 0.25) is 0 Å². The van der Waals surface area contributed by atoms with E-state index >= 15 is 0 Å². The smallest absolute Gasteiger partial charge is 0.129 e. The molecule has 78 valence electrons. The average molecular weight is 195 g/mol. The molecule has 0 unspecified atom stereocenters. The molecule has 2 heteroatoms. The second-order valence-electron chi connectivity index (χ2n) is 3.70. The van der Waals surface area contributed by atoms with Crippen molar-refractivity contribution in [3.63, 3.8) is 0 Å². The van der Waals surface area contributed by atoms with Gasteiger partial charge in [0, 0.05) is 12.2 Å². The third-order valence-electron chi connectivity index (χ3n) is 2.30. The lowest BCUT2D eigenvalue weighted by Crippen LogP contribution is -2.02. The summed E-state index contributed by atoms with van der Waals surface area (Å²) in [6.45, 7) is 6.71. The fourth-order valence-electron chi connectivity index (χ4n) is 1.46. The fourth-order valence-corrected chi connectivity index (χ4v) is 1.46. The minimum atomic E-state index is -0.0916. The molecule has 1 nitrogen and oxygen atoms in total. The number of rotatable bonds is 4. The number of unbranched alkanes of at least 4 members (excludes halogenated alkanes) is 1. The van der Waals surface area contributed by atoms with Crippen LogP contribution in [0, 0.1) is 19.7 Å². The Balaban J connectivity index is 2.69. The average Bonchev–Trinajstić information content (AvgIpc) is 2.14. The summed E-state index contributed by atoms with van der Waals surface area (Å²) >= 11 is 0. The van der Waals surface area contributed by atoms with Gasteiger partial charge in [-0.15, -0.1) is 0 Å². The van der Waals surface area contributed by atoms with Crippen molar-refractivity contribution in [1.82, 2.24) is 0 Å².